The first-order valence-corrected chi connectivity index (χ1v) is 7.98. The van der Waals surface area contributed by atoms with Gasteiger partial charge in [-0.3, -0.25) is 10.1 Å². The van der Waals surface area contributed by atoms with Crippen molar-refractivity contribution in [3.05, 3.63) is 28.3 Å². The molecule has 1 rings (SSSR count). The van der Waals surface area contributed by atoms with Gasteiger partial charge in [-0.15, -0.1) is 4.83 Å². The van der Waals surface area contributed by atoms with Crippen molar-refractivity contribution in [2.75, 3.05) is 11.7 Å². The molecular formula is C7H10N4O6S2. The Balaban J connectivity index is 3.24. The number of rotatable bonds is 5. The minimum Gasteiger partial charge on any atom is -0.302 e. The standard InChI is InChI=1S/C7H10N4O6S2/c1-18(14,15)10-9-6-3-2-5(19(8,16)17)4-7(6)11(12)13/h2-4,9-10H,1H3,(H2,8,16,17). The Morgan fingerprint density at radius 3 is 2.26 bits per heavy atom. The van der Waals surface area contributed by atoms with E-state index in [9.17, 15) is 26.9 Å². The first-order valence-electron chi connectivity index (χ1n) is 4.55. The fraction of sp³-hybridized carbons (Fsp3) is 0.143. The number of hydrazine groups is 1. The maximum absolute atomic E-state index is 11.1. The third-order valence-corrected chi connectivity index (χ3v) is 3.25. The molecular weight excluding hydrogens is 300 g/mol. The Morgan fingerprint density at radius 2 is 1.84 bits per heavy atom. The average Bonchev–Trinajstić information content (AvgIpc) is 2.23. The minimum atomic E-state index is -4.09. The van der Waals surface area contributed by atoms with E-state index in [2.05, 4.69) is 5.43 Å². The Labute approximate surface area is 108 Å². The van der Waals surface area contributed by atoms with Crippen molar-refractivity contribution >= 4 is 31.4 Å². The minimum absolute atomic E-state index is 0.220. The van der Waals surface area contributed by atoms with Gasteiger partial charge in [-0.25, -0.2) is 22.0 Å². The van der Waals surface area contributed by atoms with E-state index in [1.165, 1.54) is 0 Å². The molecule has 0 spiro atoms. The van der Waals surface area contributed by atoms with Gasteiger partial charge in [0.1, 0.15) is 5.69 Å². The second kappa shape index (κ2) is 5.08. The third kappa shape index (κ3) is 4.44. The fourth-order valence-electron chi connectivity index (χ4n) is 1.09. The third-order valence-electron chi connectivity index (χ3n) is 1.87. The van der Waals surface area contributed by atoms with Gasteiger partial charge in [0.05, 0.1) is 16.1 Å². The fourth-order valence-corrected chi connectivity index (χ4v) is 1.92. The molecule has 0 saturated heterocycles. The maximum atomic E-state index is 11.1. The molecule has 0 aliphatic rings. The number of anilines is 1. The van der Waals surface area contributed by atoms with Gasteiger partial charge in [-0.1, -0.05) is 0 Å². The summed E-state index contributed by atoms with van der Waals surface area (Å²) in [5.74, 6) is 0. The Hall–Kier alpha value is -1.76. The molecule has 106 valence electrons. The molecule has 0 aliphatic heterocycles. The van der Waals surface area contributed by atoms with E-state index in [-0.39, 0.29) is 5.69 Å². The number of primary sulfonamides is 1. The van der Waals surface area contributed by atoms with E-state index in [0.29, 0.717) is 0 Å². The first kappa shape index (κ1) is 15.3. The van der Waals surface area contributed by atoms with E-state index >= 15 is 0 Å². The molecule has 0 saturated carbocycles. The molecule has 0 fully saturated rings. The number of sulfonamides is 2. The van der Waals surface area contributed by atoms with Crippen LogP contribution >= 0.6 is 0 Å². The maximum Gasteiger partial charge on any atom is 0.295 e. The molecule has 19 heavy (non-hydrogen) atoms. The van der Waals surface area contributed by atoms with Crippen molar-refractivity contribution in [1.29, 1.82) is 0 Å². The van der Waals surface area contributed by atoms with Crippen LogP contribution < -0.4 is 15.4 Å². The van der Waals surface area contributed by atoms with Crippen LogP contribution in [0.5, 0.6) is 0 Å². The summed E-state index contributed by atoms with van der Waals surface area (Å²) in [6.45, 7) is 0. The molecule has 0 radical (unpaired) electrons. The lowest BCUT2D eigenvalue weighted by Crippen LogP contribution is -2.28. The summed E-state index contributed by atoms with van der Waals surface area (Å²) in [7, 11) is -7.72. The van der Waals surface area contributed by atoms with Gasteiger partial charge in [-0.05, 0) is 12.1 Å². The number of benzene rings is 1. The topological polar surface area (TPSA) is 162 Å². The molecule has 0 aliphatic carbocycles. The molecule has 1 aromatic rings. The van der Waals surface area contributed by atoms with Crippen LogP contribution in [0.2, 0.25) is 0 Å². The number of nitrogens with zero attached hydrogens (tertiary/aromatic N) is 1. The van der Waals surface area contributed by atoms with Gasteiger partial charge in [0.15, 0.2) is 0 Å². The lowest BCUT2D eigenvalue weighted by molar-refractivity contribution is -0.384. The zero-order valence-corrected chi connectivity index (χ0v) is 11.2. The van der Waals surface area contributed by atoms with Crippen molar-refractivity contribution in [2.45, 2.75) is 4.90 Å². The lowest BCUT2D eigenvalue weighted by Gasteiger charge is -2.07. The quantitative estimate of drug-likeness (QED) is 0.469. The lowest BCUT2D eigenvalue weighted by atomic mass is 10.3. The van der Waals surface area contributed by atoms with E-state index in [1.807, 2.05) is 4.83 Å². The smallest absolute Gasteiger partial charge is 0.295 e. The van der Waals surface area contributed by atoms with Gasteiger partial charge in [0.2, 0.25) is 20.0 Å². The number of nitrogens with two attached hydrogens (primary N) is 1. The second-order valence-corrected chi connectivity index (χ2v) is 6.79. The summed E-state index contributed by atoms with van der Waals surface area (Å²) in [6.07, 6.45) is 0.838. The van der Waals surface area contributed by atoms with E-state index in [4.69, 9.17) is 5.14 Å². The highest BCUT2D eigenvalue weighted by Crippen LogP contribution is 2.26. The number of hydrogen-bond acceptors (Lipinski definition) is 7. The van der Waals surface area contributed by atoms with Gasteiger partial charge in [0.25, 0.3) is 5.69 Å². The second-order valence-electron chi connectivity index (χ2n) is 3.48. The predicted octanol–water partition coefficient (Wildman–Crippen LogP) is -0.882. The highest BCUT2D eigenvalue weighted by atomic mass is 32.2. The van der Waals surface area contributed by atoms with Crippen LogP contribution in [0.4, 0.5) is 11.4 Å². The van der Waals surface area contributed by atoms with Crippen LogP contribution in [-0.2, 0) is 20.0 Å². The summed E-state index contributed by atoms with van der Waals surface area (Å²) < 4.78 is 43.8. The summed E-state index contributed by atoms with van der Waals surface area (Å²) in [6, 6.07) is 2.76. The molecule has 1 aromatic carbocycles. The highest BCUT2D eigenvalue weighted by molar-refractivity contribution is 7.89. The van der Waals surface area contributed by atoms with Crippen LogP contribution in [0.25, 0.3) is 0 Å². The zero-order valence-electron chi connectivity index (χ0n) is 9.52. The largest absolute Gasteiger partial charge is 0.302 e. The predicted molar refractivity (Wildman–Crippen MR) is 66.1 cm³/mol. The Kier molecular flexibility index (Phi) is 4.09. The first-order chi connectivity index (χ1) is 8.50. The summed E-state index contributed by atoms with van der Waals surface area (Å²) in [5, 5.41) is 15.6. The summed E-state index contributed by atoms with van der Waals surface area (Å²) in [4.78, 5) is 11.3. The molecule has 0 heterocycles. The molecule has 0 unspecified atom stereocenters. The van der Waals surface area contributed by atoms with Crippen molar-refractivity contribution in [3.63, 3.8) is 0 Å². The van der Waals surface area contributed by atoms with E-state index < -0.39 is 35.6 Å². The normalized spacial score (nSPS) is 12.1. The average molecular weight is 310 g/mol. The molecule has 0 atom stereocenters. The van der Waals surface area contributed by atoms with Crippen LogP contribution in [0, 0.1) is 10.1 Å². The van der Waals surface area contributed by atoms with Gasteiger partial charge >= 0.3 is 0 Å². The molecule has 0 bridgehead atoms. The van der Waals surface area contributed by atoms with Gasteiger partial charge < -0.3 is 5.43 Å². The van der Waals surface area contributed by atoms with Crippen molar-refractivity contribution in [1.82, 2.24) is 4.83 Å². The van der Waals surface area contributed by atoms with Crippen molar-refractivity contribution < 1.29 is 21.8 Å². The Bertz CT molecular complexity index is 711. The molecule has 12 heteroatoms. The van der Waals surface area contributed by atoms with Gasteiger partial charge in [-0.2, -0.15) is 0 Å². The number of nitrogens with one attached hydrogen (secondary N) is 2. The molecule has 0 aromatic heterocycles. The SMILES string of the molecule is CS(=O)(=O)NNc1ccc(S(N)(=O)=O)cc1[N+](=O)[O-]. The van der Waals surface area contributed by atoms with E-state index in [0.717, 1.165) is 24.5 Å². The Morgan fingerprint density at radius 1 is 1.26 bits per heavy atom. The molecule has 10 nitrogen and oxygen atoms in total. The number of hydrogen-bond donors (Lipinski definition) is 3. The van der Waals surface area contributed by atoms with Crippen LogP contribution in [0.1, 0.15) is 0 Å². The summed E-state index contributed by atoms with van der Waals surface area (Å²) >= 11 is 0. The van der Waals surface area contributed by atoms with Gasteiger partial charge in [0, 0.05) is 6.07 Å². The monoisotopic (exact) mass is 310 g/mol. The van der Waals surface area contributed by atoms with E-state index in [1.54, 1.807) is 0 Å². The van der Waals surface area contributed by atoms with Crippen LogP contribution in [0.3, 0.4) is 0 Å². The van der Waals surface area contributed by atoms with Crippen molar-refractivity contribution in [3.8, 4) is 0 Å². The van der Waals surface area contributed by atoms with Crippen molar-refractivity contribution in [2.24, 2.45) is 5.14 Å². The zero-order chi connectivity index (χ0) is 14.8. The number of nitro groups is 1. The highest BCUT2D eigenvalue weighted by Gasteiger charge is 2.19. The molecule has 0 amide bonds. The number of nitro benzene ring substituents is 1. The van der Waals surface area contributed by atoms with Crippen LogP contribution in [0.15, 0.2) is 23.1 Å². The summed E-state index contributed by atoms with van der Waals surface area (Å²) in [5.41, 5.74) is 1.24. The van der Waals surface area contributed by atoms with Crippen LogP contribution in [-0.4, -0.2) is 28.0 Å². The molecule has 4 N–H and O–H groups in total.